The molecule has 0 unspecified atom stereocenters. The van der Waals surface area contributed by atoms with E-state index in [4.69, 9.17) is 23.2 Å². The molecule has 2 aromatic carbocycles. The summed E-state index contributed by atoms with van der Waals surface area (Å²) in [7, 11) is 0. The number of rotatable bonds is 3. The number of carbonyl (C=O) groups is 1. The number of pyridine rings is 1. The number of benzene rings is 2. The van der Waals surface area contributed by atoms with Crippen LogP contribution in [0, 0.1) is 0 Å². The molecule has 3 aromatic rings. The molecule has 22 heavy (non-hydrogen) atoms. The highest BCUT2D eigenvalue weighted by molar-refractivity contribution is 6.36. The van der Waals surface area contributed by atoms with Crippen LogP contribution in [0.2, 0.25) is 10.0 Å². The number of carbonyl (C=O) groups excluding carboxylic acids is 1. The Morgan fingerprint density at radius 3 is 2.55 bits per heavy atom. The summed E-state index contributed by atoms with van der Waals surface area (Å²) in [5, 5.41) is 4.76. The van der Waals surface area contributed by atoms with Gasteiger partial charge in [-0.2, -0.15) is 0 Å². The molecule has 3 rings (SSSR count). The second-order valence-electron chi connectivity index (χ2n) is 4.84. The number of nitrogens with one attached hydrogen (secondary N) is 1. The third kappa shape index (κ3) is 3.21. The topological polar surface area (TPSA) is 42.0 Å². The van der Waals surface area contributed by atoms with Gasteiger partial charge in [0.1, 0.15) is 0 Å². The molecule has 1 heterocycles. The minimum absolute atomic E-state index is 0.116. The Labute approximate surface area is 137 Å². The zero-order valence-corrected chi connectivity index (χ0v) is 13.0. The Morgan fingerprint density at radius 2 is 1.77 bits per heavy atom. The van der Waals surface area contributed by atoms with Crippen molar-refractivity contribution in [3.05, 3.63) is 70.3 Å². The monoisotopic (exact) mass is 330 g/mol. The zero-order valence-electron chi connectivity index (χ0n) is 11.5. The van der Waals surface area contributed by atoms with Crippen molar-refractivity contribution in [2.24, 2.45) is 0 Å². The maximum absolute atomic E-state index is 12.2. The highest BCUT2D eigenvalue weighted by atomic mass is 35.5. The molecule has 0 radical (unpaired) electrons. The maximum Gasteiger partial charge on any atom is 0.228 e. The maximum atomic E-state index is 12.2. The van der Waals surface area contributed by atoms with Crippen molar-refractivity contribution in [1.82, 2.24) is 4.98 Å². The summed E-state index contributed by atoms with van der Waals surface area (Å²) < 4.78 is 0. The summed E-state index contributed by atoms with van der Waals surface area (Å²) in [6, 6.07) is 14.8. The van der Waals surface area contributed by atoms with E-state index in [0.29, 0.717) is 21.3 Å². The fourth-order valence-corrected chi connectivity index (χ4v) is 2.74. The summed E-state index contributed by atoms with van der Waals surface area (Å²) in [5.74, 6) is -0.188. The average Bonchev–Trinajstić information content (AvgIpc) is 2.51. The summed E-state index contributed by atoms with van der Waals surface area (Å²) in [6.45, 7) is 0. The van der Waals surface area contributed by atoms with Gasteiger partial charge in [-0.05, 0) is 29.8 Å². The molecule has 0 bridgehead atoms. The van der Waals surface area contributed by atoms with E-state index in [9.17, 15) is 4.79 Å². The van der Waals surface area contributed by atoms with Crippen LogP contribution < -0.4 is 5.32 Å². The van der Waals surface area contributed by atoms with Crippen LogP contribution in [-0.4, -0.2) is 10.9 Å². The number of amides is 1. The molecule has 0 spiro atoms. The van der Waals surface area contributed by atoms with Crippen molar-refractivity contribution in [3.63, 3.8) is 0 Å². The Kier molecular flexibility index (Phi) is 4.27. The number of fused-ring (bicyclic) bond motifs is 1. The number of hydrogen-bond donors (Lipinski definition) is 1. The van der Waals surface area contributed by atoms with E-state index >= 15 is 0 Å². The lowest BCUT2D eigenvalue weighted by Gasteiger charge is -2.08. The summed E-state index contributed by atoms with van der Waals surface area (Å²) >= 11 is 12.2. The lowest BCUT2D eigenvalue weighted by Crippen LogP contribution is -2.15. The summed E-state index contributed by atoms with van der Waals surface area (Å²) in [5.41, 5.74) is 2.15. The van der Waals surface area contributed by atoms with Gasteiger partial charge in [0.25, 0.3) is 0 Å². The van der Waals surface area contributed by atoms with Crippen molar-refractivity contribution in [2.45, 2.75) is 6.42 Å². The SMILES string of the molecule is O=C(Cc1c(Cl)cccc1Cl)Nc1cnc2ccccc2c1. The van der Waals surface area contributed by atoms with Crippen LogP contribution in [-0.2, 0) is 11.2 Å². The highest BCUT2D eigenvalue weighted by Crippen LogP contribution is 2.25. The quantitative estimate of drug-likeness (QED) is 0.754. The van der Waals surface area contributed by atoms with Crippen molar-refractivity contribution in [3.8, 4) is 0 Å². The van der Waals surface area contributed by atoms with E-state index in [1.54, 1.807) is 24.4 Å². The molecule has 0 aliphatic heterocycles. The highest BCUT2D eigenvalue weighted by Gasteiger charge is 2.11. The van der Waals surface area contributed by atoms with Gasteiger partial charge in [0.05, 0.1) is 23.8 Å². The first kappa shape index (κ1) is 14.8. The number of para-hydroxylation sites is 1. The van der Waals surface area contributed by atoms with Crippen LogP contribution in [0.15, 0.2) is 54.7 Å². The van der Waals surface area contributed by atoms with Crippen molar-refractivity contribution in [1.29, 1.82) is 0 Å². The molecule has 1 aromatic heterocycles. The Morgan fingerprint density at radius 1 is 1.05 bits per heavy atom. The first-order valence-electron chi connectivity index (χ1n) is 6.71. The van der Waals surface area contributed by atoms with Crippen LogP contribution in [0.1, 0.15) is 5.56 Å². The Hall–Kier alpha value is -2.10. The van der Waals surface area contributed by atoms with E-state index in [0.717, 1.165) is 10.9 Å². The first-order valence-corrected chi connectivity index (χ1v) is 7.46. The number of anilines is 1. The first-order chi connectivity index (χ1) is 10.6. The molecular weight excluding hydrogens is 319 g/mol. The molecule has 0 aliphatic rings. The molecule has 3 nitrogen and oxygen atoms in total. The fourth-order valence-electron chi connectivity index (χ4n) is 2.21. The van der Waals surface area contributed by atoms with Crippen LogP contribution >= 0.6 is 23.2 Å². The minimum atomic E-state index is -0.188. The van der Waals surface area contributed by atoms with Gasteiger partial charge in [-0.3, -0.25) is 9.78 Å². The standard InChI is InChI=1S/C17H12Cl2N2O/c18-14-5-3-6-15(19)13(14)9-17(22)21-12-8-11-4-1-2-7-16(11)20-10-12/h1-8,10H,9H2,(H,21,22). The zero-order chi connectivity index (χ0) is 15.5. The van der Waals surface area contributed by atoms with Gasteiger partial charge in [-0.25, -0.2) is 0 Å². The lowest BCUT2D eigenvalue weighted by atomic mass is 10.1. The second-order valence-corrected chi connectivity index (χ2v) is 5.66. The fraction of sp³-hybridized carbons (Fsp3) is 0.0588. The molecule has 0 atom stereocenters. The number of aromatic nitrogens is 1. The summed E-state index contributed by atoms with van der Waals surface area (Å²) in [4.78, 5) is 16.5. The number of nitrogens with zero attached hydrogens (tertiary/aromatic N) is 1. The van der Waals surface area contributed by atoms with Crippen LogP contribution in [0.3, 0.4) is 0 Å². The molecule has 0 fully saturated rings. The van der Waals surface area contributed by atoms with Crippen LogP contribution in [0.25, 0.3) is 10.9 Å². The predicted octanol–water partition coefficient (Wildman–Crippen LogP) is 4.72. The van der Waals surface area contributed by atoms with E-state index in [1.165, 1.54) is 0 Å². The van der Waals surface area contributed by atoms with E-state index < -0.39 is 0 Å². The molecule has 0 saturated heterocycles. The van der Waals surface area contributed by atoms with Crippen molar-refractivity contribution in [2.75, 3.05) is 5.32 Å². The molecule has 0 saturated carbocycles. The lowest BCUT2D eigenvalue weighted by molar-refractivity contribution is -0.115. The van der Waals surface area contributed by atoms with Gasteiger partial charge in [0.2, 0.25) is 5.91 Å². The average molecular weight is 331 g/mol. The van der Waals surface area contributed by atoms with Crippen molar-refractivity contribution >= 4 is 45.7 Å². The van der Waals surface area contributed by atoms with Gasteiger partial charge in [0, 0.05) is 15.4 Å². The third-order valence-corrected chi connectivity index (χ3v) is 3.98. The number of halogens is 2. The second kappa shape index (κ2) is 6.34. The van der Waals surface area contributed by atoms with Gasteiger partial charge in [-0.15, -0.1) is 0 Å². The van der Waals surface area contributed by atoms with E-state index in [-0.39, 0.29) is 12.3 Å². The molecule has 110 valence electrons. The predicted molar refractivity (Wildman–Crippen MR) is 90.5 cm³/mol. The number of hydrogen-bond acceptors (Lipinski definition) is 2. The van der Waals surface area contributed by atoms with Gasteiger partial charge < -0.3 is 5.32 Å². The normalized spacial score (nSPS) is 10.6. The Balaban J connectivity index is 1.78. The molecule has 0 aliphatic carbocycles. The largest absolute Gasteiger partial charge is 0.324 e. The summed E-state index contributed by atoms with van der Waals surface area (Å²) in [6.07, 6.45) is 1.75. The van der Waals surface area contributed by atoms with Crippen LogP contribution in [0.5, 0.6) is 0 Å². The molecule has 5 heteroatoms. The van der Waals surface area contributed by atoms with E-state index in [1.807, 2.05) is 30.3 Å². The Bertz CT molecular complexity index is 829. The minimum Gasteiger partial charge on any atom is -0.324 e. The van der Waals surface area contributed by atoms with Crippen LogP contribution in [0.4, 0.5) is 5.69 Å². The third-order valence-electron chi connectivity index (χ3n) is 3.27. The van der Waals surface area contributed by atoms with Gasteiger partial charge >= 0.3 is 0 Å². The van der Waals surface area contributed by atoms with E-state index in [2.05, 4.69) is 10.3 Å². The molecule has 1 amide bonds. The molecule has 1 N–H and O–H groups in total. The van der Waals surface area contributed by atoms with Gasteiger partial charge in [0.15, 0.2) is 0 Å². The van der Waals surface area contributed by atoms with Crippen molar-refractivity contribution < 1.29 is 4.79 Å². The molecular formula is C17H12Cl2N2O. The smallest absolute Gasteiger partial charge is 0.228 e. The van der Waals surface area contributed by atoms with Gasteiger partial charge in [-0.1, -0.05) is 47.5 Å².